The summed E-state index contributed by atoms with van der Waals surface area (Å²) in [5, 5.41) is 10.4. The molecule has 0 bridgehead atoms. The highest BCUT2D eigenvalue weighted by Crippen LogP contribution is 2.16. The van der Waals surface area contributed by atoms with Gasteiger partial charge in [0.05, 0.1) is 11.5 Å². The SMILES string of the molecule is Cc1ccsc1C(=O)CCO. The number of carbonyl (C=O) groups excluding carboxylic acids is 1. The van der Waals surface area contributed by atoms with Crippen LogP contribution in [-0.2, 0) is 0 Å². The maximum atomic E-state index is 11.2. The van der Waals surface area contributed by atoms with Gasteiger partial charge in [0.1, 0.15) is 0 Å². The number of hydrogen-bond donors (Lipinski definition) is 1. The van der Waals surface area contributed by atoms with Gasteiger partial charge in [0.25, 0.3) is 0 Å². The zero-order valence-electron chi connectivity index (χ0n) is 6.33. The number of thiophene rings is 1. The van der Waals surface area contributed by atoms with E-state index < -0.39 is 0 Å². The van der Waals surface area contributed by atoms with Crippen molar-refractivity contribution in [2.45, 2.75) is 13.3 Å². The number of rotatable bonds is 3. The molecule has 11 heavy (non-hydrogen) atoms. The number of ketones is 1. The first-order valence-corrected chi connectivity index (χ1v) is 4.32. The van der Waals surface area contributed by atoms with E-state index in [0.29, 0.717) is 0 Å². The Hall–Kier alpha value is -0.670. The van der Waals surface area contributed by atoms with Gasteiger partial charge in [-0.1, -0.05) is 0 Å². The Morgan fingerprint density at radius 1 is 1.73 bits per heavy atom. The van der Waals surface area contributed by atoms with E-state index in [9.17, 15) is 4.79 Å². The van der Waals surface area contributed by atoms with Crippen molar-refractivity contribution in [1.29, 1.82) is 0 Å². The second kappa shape index (κ2) is 3.64. The van der Waals surface area contributed by atoms with E-state index in [-0.39, 0.29) is 18.8 Å². The highest BCUT2D eigenvalue weighted by atomic mass is 32.1. The maximum absolute atomic E-state index is 11.2. The van der Waals surface area contributed by atoms with Crippen molar-refractivity contribution in [3.8, 4) is 0 Å². The maximum Gasteiger partial charge on any atom is 0.175 e. The molecule has 0 unspecified atom stereocenters. The van der Waals surface area contributed by atoms with Crippen LogP contribution in [0.3, 0.4) is 0 Å². The van der Waals surface area contributed by atoms with E-state index in [1.54, 1.807) is 0 Å². The first-order chi connectivity index (χ1) is 5.25. The number of aliphatic hydroxyl groups excluding tert-OH is 1. The van der Waals surface area contributed by atoms with Gasteiger partial charge in [0, 0.05) is 6.42 Å². The molecule has 1 heterocycles. The lowest BCUT2D eigenvalue weighted by Gasteiger charge is -1.94. The molecule has 0 radical (unpaired) electrons. The standard InChI is InChI=1S/C8H10O2S/c1-6-3-5-11-8(6)7(10)2-4-9/h3,5,9H,2,4H2,1H3. The van der Waals surface area contributed by atoms with Crippen LogP contribution in [0, 0.1) is 6.92 Å². The highest BCUT2D eigenvalue weighted by Gasteiger charge is 2.08. The molecule has 0 amide bonds. The number of Topliss-reactive ketones (excluding diaryl/α,β-unsaturated/α-hetero) is 1. The molecule has 2 nitrogen and oxygen atoms in total. The van der Waals surface area contributed by atoms with Gasteiger partial charge in [-0.2, -0.15) is 0 Å². The van der Waals surface area contributed by atoms with Crippen LogP contribution in [0.25, 0.3) is 0 Å². The Morgan fingerprint density at radius 3 is 2.91 bits per heavy atom. The van der Waals surface area contributed by atoms with Crippen LogP contribution < -0.4 is 0 Å². The van der Waals surface area contributed by atoms with E-state index in [2.05, 4.69) is 0 Å². The summed E-state index contributed by atoms with van der Waals surface area (Å²) in [5.41, 5.74) is 1.01. The Balaban J connectivity index is 2.76. The molecule has 0 atom stereocenters. The van der Waals surface area contributed by atoms with Gasteiger partial charge >= 0.3 is 0 Å². The molecule has 1 N–H and O–H groups in total. The fourth-order valence-corrected chi connectivity index (χ4v) is 1.77. The van der Waals surface area contributed by atoms with Crippen molar-refractivity contribution in [1.82, 2.24) is 0 Å². The quantitative estimate of drug-likeness (QED) is 0.700. The highest BCUT2D eigenvalue weighted by molar-refractivity contribution is 7.12. The molecular weight excluding hydrogens is 160 g/mol. The molecule has 3 heteroatoms. The first kappa shape index (κ1) is 8.43. The number of aliphatic hydroxyl groups is 1. The molecule has 0 aliphatic heterocycles. The third-order valence-electron chi connectivity index (χ3n) is 1.45. The summed E-state index contributed by atoms with van der Waals surface area (Å²) >= 11 is 1.44. The molecule has 0 aliphatic rings. The second-order valence-electron chi connectivity index (χ2n) is 2.33. The van der Waals surface area contributed by atoms with Gasteiger partial charge in [0.2, 0.25) is 0 Å². The van der Waals surface area contributed by atoms with E-state index in [0.717, 1.165) is 10.4 Å². The summed E-state index contributed by atoms with van der Waals surface area (Å²) < 4.78 is 0. The number of carbonyl (C=O) groups is 1. The first-order valence-electron chi connectivity index (χ1n) is 3.44. The lowest BCUT2D eigenvalue weighted by Crippen LogP contribution is -2.00. The van der Waals surface area contributed by atoms with Crippen LogP contribution in [0.4, 0.5) is 0 Å². The molecule has 0 saturated heterocycles. The molecular formula is C8H10O2S. The van der Waals surface area contributed by atoms with Gasteiger partial charge in [-0.15, -0.1) is 11.3 Å². The van der Waals surface area contributed by atoms with E-state index in [4.69, 9.17) is 5.11 Å². The van der Waals surface area contributed by atoms with Gasteiger partial charge in [-0.05, 0) is 23.9 Å². The van der Waals surface area contributed by atoms with E-state index in [1.165, 1.54) is 11.3 Å². The molecule has 0 saturated carbocycles. The fraction of sp³-hybridized carbons (Fsp3) is 0.375. The summed E-state index contributed by atoms with van der Waals surface area (Å²) in [7, 11) is 0. The number of aryl methyl sites for hydroxylation is 1. The molecule has 0 aromatic carbocycles. The summed E-state index contributed by atoms with van der Waals surface area (Å²) in [6.45, 7) is 1.84. The third-order valence-corrected chi connectivity index (χ3v) is 2.51. The molecule has 60 valence electrons. The minimum atomic E-state index is -0.0594. The molecule has 1 aromatic rings. The Kier molecular flexibility index (Phi) is 2.79. The van der Waals surface area contributed by atoms with Gasteiger partial charge in [-0.3, -0.25) is 4.79 Å². The summed E-state index contributed by atoms with van der Waals surface area (Å²) in [6.07, 6.45) is 0.237. The smallest absolute Gasteiger partial charge is 0.175 e. The molecule has 0 aliphatic carbocycles. The Morgan fingerprint density at radius 2 is 2.45 bits per heavy atom. The van der Waals surface area contributed by atoms with E-state index in [1.807, 2.05) is 18.4 Å². The van der Waals surface area contributed by atoms with Crippen LogP contribution in [0.1, 0.15) is 21.7 Å². The summed E-state index contributed by atoms with van der Waals surface area (Å²) in [6, 6.07) is 1.91. The van der Waals surface area contributed by atoms with Crippen molar-refractivity contribution in [2.75, 3.05) is 6.61 Å². The van der Waals surface area contributed by atoms with Crippen molar-refractivity contribution < 1.29 is 9.90 Å². The van der Waals surface area contributed by atoms with Gasteiger partial charge in [-0.25, -0.2) is 0 Å². The average Bonchev–Trinajstić information content (AvgIpc) is 2.36. The van der Waals surface area contributed by atoms with Crippen LogP contribution in [0.15, 0.2) is 11.4 Å². The van der Waals surface area contributed by atoms with Crippen LogP contribution >= 0.6 is 11.3 Å². The van der Waals surface area contributed by atoms with Gasteiger partial charge in [0.15, 0.2) is 5.78 Å². The van der Waals surface area contributed by atoms with Crippen molar-refractivity contribution in [3.05, 3.63) is 21.9 Å². The van der Waals surface area contributed by atoms with Crippen molar-refractivity contribution in [3.63, 3.8) is 0 Å². The minimum Gasteiger partial charge on any atom is -0.396 e. The summed E-state index contributed by atoms with van der Waals surface area (Å²) in [4.78, 5) is 12.0. The number of hydrogen-bond acceptors (Lipinski definition) is 3. The Bertz CT molecular complexity index is 252. The molecule has 0 fully saturated rings. The predicted octanol–water partition coefficient (Wildman–Crippen LogP) is 1.62. The van der Waals surface area contributed by atoms with Crippen LogP contribution in [0.5, 0.6) is 0 Å². The topological polar surface area (TPSA) is 37.3 Å². The normalized spacial score (nSPS) is 10.0. The van der Waals surface area contributed by atoms with Crippen LogP contribution in [-0.4, -0.2) is 17.5 Å². The molecule has 0 spiro atoms. The molecule has 1 aromatic heterocycles. The Labute approximate surface area is 69.5 Å². The van der Waals surface area contributed by atoms with Crippen molar-refractivity contribution >= 4 is 17.1 Å². The monoisotopic (exact) mass is 170 g/mol. The van der Waals surface area contributed by atoms with Crippen LogP contribution in [0.2, 0.25) is 0 Å². The largest absolute Gasteiger partial charge is 0.396 e. The second-order valence-corrected chi connectivity index (χ2v) is 3.25. The lowest BCUT2D eigenvalue weighted by atomic mass is 10.2. The zero-order chi connectivity index (χ0) is 8.27. The summed E-state index contributed by atoms with van der Waals surface area (Å²) in [5.74, 6) is 0.0417. The molecule has 1 rings (SSSR count). The predicted molar refractivity (Wildman–Crippen MR) is 45.1 cm³/mol. The van der Waals surface area contributed by atoms with Crippen molar-refractivity contribution in [2.24, 2.45) is 0 Å². The average molecular weight is 170 g/mol. The minimum absolute atomic E-state index is 0.0417. The zero-order valence-corrected chi connectivity index (χ0v) is 7.15. The fourth-order valence-electron chi connectivity index (χ4n) is 0.873. The van der Waals surface area contributed by atoms with Gasteiger partial charge < -0.3 is 5.11 Å². The lowest BCUT2D eigenvalue weighted by molar-refractivity contribution is 0.0960. The van der Waals surface area contributed by atoms with E-state index >= 15 is 0 Å². The third kappa shape index (κ3) is 1.88.